The molecule has 0 saturated carbocycles. The van der Waals surface area contributed by atoms with E-state index in [0.29, 0.717) is 38.6 Å². The maximum atomic E-state index is 12.9. The van der Waals surface area contributed by atoms with Gasteiger partial charge < -0.3 is 9.47 Å². The molecule has 1 aromatic rings. The van der Waals surface area contributed by atoms with Crippen molar-refractivity contribution in [2.75, 3.05) is 32.8 Å². The number of benzene rings is 1. The molecule has 0 spiro atoms. The van der Waals surface area contributed by atoms with Crippen LogP contribution in [0.5, 0.6) is 11.5 Å². The molecule has 0 aliphatic carbocycles. The van der Waals surface area contributed by atoms with Gasteiger partial charge in [0.25, 0.3) is 10.2 Å². The molecule has 1 atom stereocenters. The summed E-state index contributed by atoms with van der Waals surface area (Å²) in [6.45, 7) is 6.37. The summed E-state index contributed by atoms with van der Waals surface area (Å²) in [5, 5.41) is 0. The minimum absolute atomic E-state index is 0.128. The van der Waals surface area contributed by atoms with E-state index < -0.39 is 10.2 Å². The van der Waals surface area contributed by atoms with E-state index in [-0.39, 0.29) is 6.04 Å². The van der Waals surface area contributed by atoms with Gasteiger partial charge in [-0.25, -0.2) is 0 Å². The van der Waals surface area contributed by atoms with Gasteiger partial charge in [-0.3, -0.25) is 0 Å². The number of fused-ring (bicyclic) bond motifs is 1. The van der Waals surface area contributed by atoms with Gasteiger partial charge in [0.1, 0.15) is 13.2 Å². The van der Waals surface area contributed by atoms with Crippen LogP contribution in [0.1, 0.15) is 38.3 Å². The van der Waals surface area contributed by atoms with Crippen LogP contribution >= 0.6 is 0 Å². The van der Waals surface area contributed by atoms with Crippen LogP contribution in [-0.2, 0) is 10.2 Å². The van der Waals surface area contributed by atoms with Crippen molar-refractivity contribution < 1.29 is 17.9 Å². The zero-order chi connectivity index (χ0) is 16.4. The minimum Gasteiger partial charge on any atom is -0.486 e. The molecule has 1 unspecified atom stereocenters. The third-order valence-corrected chi connectivity index (χ3v) is 6.68. The first-order valence-electron chi connectivity index (χ1n) is 8.24. The highest BCUT2D eigenvalue weighted by atomic mass is 32.2. The molecule has 2 aliphatic heterocycles. The zero-order valence-corrected chi connectivity index (χ0v) is 14.5. The molecule has 0 N–H and O–H groups in total. The van der Waals surface area contributed by atoms with Gasteiger partial charge in [-0.05, 0) is 30.5 Å². The highest BCUT2D eigenvalue weighted by Crippen LogP contribution is 2.39. The molecule has 0 bridgehead atoms. The number of rotatable bonds is 5. The maximum absolute atomic E-state index is 12.9. The third kappa shape index (κ3) is 3.05. The van der Waals surface area contributed by atoms with Crippen molar-refractivity contribution >= 4 is 10.2 Å². The molecule has 3 rings (SSSR count). The largest absolute Gasteiger partial charge is 0.486 e. The Kier molecular flexibility index (Phi) is 4.79. The van der Waals surface area contributed by atoms with E-state index in [0.717, 1.165) is 24.2 Å². The fraction of sp³-hybridized carbons (Fsp3) is 0.625. The monoisotopic (exact) mass is 340 g/mol. The molecule has 23 heavy (non-hydrogen) atoms. The van der Waals surface area contributed by atoms with E-state index in [1.807, 2.05) is 32.0 Å². The van der Waals surface area contributed by atoms with E-state index in [1.54, 1.807) is 4.31 Å². The van der Waals surface area contributed by atoms with Gasteiger partial charge in [-0.15, -0.1) is 0 Å². The van der Waals surface area contributed by atoms with Crippen LogP contribution in [0.4, 0.5) is 0 Å². The molecule has 1 aromatic carbocycles. The molecule has 0 amide bonds. The van der Waals surface area contributed by atoms with Crippen molar-refractivity contribution in [2.24, 2.45) is 0 Å². The fourth-order valence-electron chi connectivity index (χ4n) is 3.31. The van der Waals surface area contributed by atoms with Gasteiger partial charge in [-0.1, -0.05) is 19.9 Å². The predicted molar refractivity (Wildman–Crippen MR) is 88.0 cm³/mol. The maximum Gasteiger partial charge on any atom is 0.282 e. The van der Waals surface area contributed by atoms with E-state index in [4.69, 9.17) is 9.47 Å². The lowest BCUT2D eigenvalue weighted by Crippen LogP contribution is -2.43. The Morgan fingerprint density at radius 3 is 2.57 bits per heavy atom. The second-order valence-corrected chi connectivity index (χ2v) is 7.64. The third-order valence-electron chi connectivity index (χ3n) is 4.48. The van der Waals surface area contributed by atoms with Gasteiger partial charge in [0.05, 0.1) is 6.04 Å². The summed E-state index contributed by atoms with van der Waals surface area (Å²) in [6, 6.07) is 5.63. The van der Waals surface area contributed by atoms with Crippen LogP contribution in [-0.4, -0.2) is 49.9 Å². The van der Waals surface area contributed by atoms with Crippen molar-refractivity contribution in [1.29, 1.82) is 0 Å². The summed E-state index contributed by atoms with van der Waals surface area (Å²) in [6.07, 6.45) is 1.71. The molecule has 0 radical (unpaired) electrons. The van der Waals surface area contributed by atoms with Crippen LogP contribution in [0.15, 0.2) is 18.2 Å². The van der Waals surface area contributed by atoms with Crippen LogP contribution in [0.25, 0.3) is 0 Å². The first-order chi connectivity index (χ1) is 11.1. The van der Waals surface area contributed by atoms with E-state index in [9.17, 15) is 8.42 Å². The second-order valence-electron chi connectivity index (χ2n) is 5.76. The molecular weight excluding hydrogens is 316 g/mol. The smallest absolute Gasteiger partial charge is 0.282 e. The average molecular weight is 340 g/mol. The molecule has 128 valence electrons. The van der Waals surface area contributed by atoms with Crippen molar-refractivity contribution in [3.8, 4) is 11.5 Å². The topological polar surface area (TPSA) is 59.1 Å². The Morgan fingerprint density at radius 2 is 1.87 bits per heavy atom. The van der Waals surface area contributed by atoms with Crippen LogP contribution in [0.3, 0.4) is 0 Å². The Morgan fingerprint density at radius 1 is 1.17 bits per heavy atom. The SMILES string of the molecule is CCN(CC)S(=O)(=O)N1CCCC1c1ccc2c(c1)OCCO2. The molecule has 0 aromatic heterocycles. The van der Waals surface area contributed by atoms with Gasteiger partial charge in [0.15, 0.2) is 11.5 Å². The summed E-state index contributed by atoms with van der Waals surface area (Å²) in [7, 11) is -3.42. The van der Waals surface area contributed by atoms with Gasteiger partial charge in [0.2, 0.25) is 0 Å². The average Bonchev–Trinajstić information content (AvgIpc) is 3.06. The van der Waals surface area contributed by atoms with E-state index in [2.05, 4.69) is 0 Å². The van der Waals surface area contributed by atoms with Gasteiger partial charge >= 0.3 is 0 Å². The molecule has 7 heteroatoms. The lowest BCUT2D eigenvalue weighted by molar-refractivity contribution is 0.171. The molecule has 6 nitrogen and oxygen atoms in total. The number of hydrogen-bond donors (Lipinski definition) is 0. The van der Waals surface area contributed by atoms with E-state index in [1.165, 1.54) is 4.31 Å². The Hall–Kier alpha value is -1.31. The number of nitrogens with zero attached hydrogens (tertiary/aromatic N) is 2. The summed E-state index contributed by atoms with van der Waals surface area (Å²) in [4.78, 5) is 0. The van der Waals surface area contributed by atoms with Gasteiger partial charge in [0, 0.05) is 19.6 Å². The summed E-state index contributed by atoms with van der Waals surface area (Å²) in [5.74, 6) is 1.44. The molecule has 2 aliphatic rings. The van der Waals surface area contributed by atoms with Crippen LogP contribution in [0, 0.1) is 0 Å². The fourth-order valence-corrected chi connectivity index (χ4v) is 5.17. The molecule has 1 fully saturated rings. The van der Waals surface area contributed by atoms with Crippen molar-refractivity contribution in [2.45, 2.75) is 32.7 Å². The highest BCUT2D eigenvalue weighted by molar-refractivity contribution is 7.86. The van der Waals surface area contributed by atoms with Crippen molar-refractivity contribution in [3.63, 3.8) is 0 Å². The predicted octanol–water partition coefficient (Wildman–Crippen LogP) is 2.18. The first kappa shape index (κ1) is 16.5. The van der Waals surface area contributed by atoms with Crippen molar-refractivity contribution in [3.05, 3.63) is 23.8 Å². The lowest BCUT2D eigenvalue weighted by atomic mass is 10.0. The minimum atomic E-state index is -3.42. The molecule has 1 saturated heterocycles. The van der Waals surface area contributed by atoms with E-state index >= 15 is 0 Å². The molecule has 2 heterocycles. The van der Waals surface area contributed by atoms with Crippen molar-refractivity contribution in [1.82, 2.24) is 8.61 Å². The van der Waals surface area contributed by atoms with Crippen LogP contribution in [0.2, 0.25) is 0 Å². The summed E-state index contributed by atoms with van der Waals surface area (Å²) in [5.41, 5.74) is 0.975. The standard InChI is InChI=1S/C16H24N2O4S/c1-3-17(4-2)23(19,20)18-9-5-6-14(18)13-7-8-15-16(12-13)22-11-10-21-15/h7-8,12,14H,3-6,9-11H2,1-2H3. The Bertz CT molecular complexity index is 658. The first-order valence-corrected chi connectivity index (χ1v) is 9.64. The quantitative estimate of drug-likeness (QED) is 0.824. The van der Waals surface area contributed by atoms with Crippen LogP contribution < -0.4 is 9.47 Å². The normalized spacial score (nSPS) is 21.8. The zero-order valence-electron chi connectivity index (χ0n) is 13.7. The highest BCUT2D eigenvalue weighted by Gasteiger charge is 2.38. The Labute approximate surface area is 138 Å². The lowest BCUT2D eigenvalue weighted by Gasteiger charge is -2.30. The van der Waals surface area contributed by atoms with Gasteiger partial charge in [-0.2, -0.15) is 17.0 Å². The second kappa shape index (κ2) is 6.67. The Balaban J connectivity index is 1.90. The number of hydrogen-bond acceptors (Lipinski definition) is 4. The summed E-state index contributed by atoms with van der Waals surface area (Å²) >= 11 is 0. The molecular formula is C16H24N2O4S. The number of ether oxygens (including phenoxy) is 2. The summed E-state index contributed by atoms with van der Waals surface area (Å²) < 4.78 is 40.0.